The first-order chi connectivity index (χ1) is 14.7. The molecule has 0 spiro atoms. The molecule has 0 saturated heterocycles. The molecule has 3 rings (SSSR count). The number of amides is 2. The van der Waals surface area contributed by atoms with Crippen LogP contribution in [-0.2, 0) is 11.3 Å². The fourth-order valence-corrected chi connectivity index (χ4v) is 3.37. The maximum absolute atomic E-state index is 14.0. The van der Waals surface area contributed by atoms with Gasteiger partial charge in [-0.3, -0.25) is 14.3 Å². The van der Waals surface area contributed by atoms with Crippen LogP contribution in [0.4, 0.5) is 10.1 Å². The van der Waals surface area contributed by atoms with E-state index in [4.69, 9.17) is 17.3 Å². The Morgan fingerprint density at radius 3 is 2.61 bits per heavy atom. The molecule has 3 aromatic rings. The van der Waals surface area contributed by atoms with Crippen LogP contribution >= 0.6 is 11.6 Å². The number of nitrogens with one attached hydrogen (secondary N) is 1. The van der Waals surface area contributed by atoms with Gasteiger partial charge in [0.1, 0.15) is 5.82 Å². The minimum absolute atomic E-state index is 0.0186. The summed E-state index contributed by atoms with van der Waals surface area (Å²) < 4.78 is 15.8. The third-order valence-electron chi connectivity index (χ3n) is 5.00. The van der Waals surface area contributed by atoms with Crippen molar-refractivity contribution >= 4 is 35.2 Å². The van der Waals surface area contributed by atoms with Gasteiger partial charge in [0.2, 0.25) is 11.8 Å². The molecule has 0 aliphatic heterocycles. The lowest BCUT2D eigenvalue weighted by Crippen LogP contribution is -2.15. The van der Waals surface area contributed by atoms with Crippen molar-refractivity contribution in [1.82, 2.24) is 9.78 Å². The predicted octanol–water partition coefficient (Wildman–Crippen LogP) is 4.40. The van der Waals surface area contributed by atoms with Gasteiger partial charge in [0.05, 0.1) is 12.2 Å². The lowest BCUT2D eigenvalue weighted by molar-refractivity contribution is -0.111. The second-order valence-corrected chi connectivity index (χ2v) is 7.56. The number of primary amides is 1. The van der Waals surface area contributed by atoms with Crippen LogP contribution in [0.2, 0.25) is 5.02 Å². The van der Waals surface area contributed by atoms with Crippen molar-refractivity contribution in [3.63, 3.8) is 0 Å². The largest absolute Gasteiger partial charge is 0.366 e. The summed E-state index contributed by atoms with van der Waals surface area (Å²) in [7, 11) is 0. The van der Waals surface area contributed by atoms with Crippen LogP contribution in [0.25, 0.3) is 6.08 Å². The number of aryl methyl sites for hydroxylation is 1. The van der Waals surface area contributed by atoms with Gasteiger partial charge in [-0.2, -0.15) is 5.10 Å². The average Bonchev–Trinajstić information content (AvgIpc) is 2.98. The molecule has 0 aliphatic carbocycles. The van der Waals surface area contributed by atoms with Gasteiger partial charge >= 0.3 is 0 Å². The van der Waals surface area contributed by atoms with Crippen molar-refractivity contribution in [2.75, 3.05) is 5.32 Å². The Bertz CT molecular complexity index is 1200. The predicted molar refractivity (Wildman–Crippen MR) is 120 cm³/mol. The molecule has 3 N–H and O–H groups in total. The summed E-state index contributed by atoms with van der Waals surface area (Å²) in [5.74, 6) is -1.87. The number of hydrogen-bond acceptors (Lipinski definition) is 3. The molecule has 8 heteroatoms. The third-order valence-corrected chi connectivity index (χ3v) is 5.37. The molecule has 0 atom stereocenters. The molecular formula is C23H22ClFN4O2. The van der Waals surface area contributed by atoms with E-state index >= 15 is 0 Å². The molecule has 6 nitrogen and oxygen atoms in total. The first kappa shape index (κ1) is 22.2. The lowest BCUT2D eigenvalue weighted by Gasteiger charge is -2.09. The van der Waals surface area contributed by atoms with E-state index in [-0.39, 0.29) is 16.8 Å². The van der Waals surface area contributed by atoms with Gasteiger partial charge in [0.25, 0.3) is 0 Å². The number of hydrogen-bond donors (Lipinski definition) is 2. The monoisotopic (exact) mass is 440 g/mol. The smallest absolute Gasteiger partial charge is 0.248 e. The van der Waals surface area contributed by atoms with Crippen molar-refractivity contribution in [3.8, 4) is 0 Å². The minimum atomic E-state index is -0.776. The summed E-state index contributed by atoms with van der Waals surface area (Å²) in [4.78, 5) is 23.8. The number of halogens is 2. The van der Waals surface area contributed by atoms with Gasteiger partial charge in [-0.25, -0.2) is 4.39 Å². The van der Waals surface area contributed by atoms with E-state index in [1.807, 2.05) is 42.8 Å². The van der Waals surface area contributed by atoms with Crippen molar-refractivity contribution in [2.45, 2.75) is 27.3 Å². The van der Waals surface area contributed by atoms with Gasteiger partial charge in [-0.1, -0.05) is 29.8 Å². The quantitative estimate of drug-likeness (QED) is 0.556. The molecule has 0 radical (unpaired) electrons. The van der Waals surface area contributed by atoms with Crippen LogP contribution in [0.5, 0.6) is 0 Å². The zero-order chi connectivity index (χ0) is 22.7. The summed E-state index contributed by atoms with van der Waals surface area (Å²) in [5.41, 5.74) is 8.97. The van der Waals surface area contributed by atoms with E-state index < -0.39 is 17.6 Å². The molecule has 1 aromatic heterocycles. The van der Waals surface area contributed by atoms with Crippen LogP contribution in [0, 0.1) is 26.6 Å². The van der Waals surface area contributed by atoms with E-state index in [0.717, 1.165) is 28.6 Å². The number of nitrogens with zero attached hydrogens (tertiary/aromatic N) is 2. The Kier molecular flexibility index (Phi) is 6.56. The molecule has 0 saturated carbocycles. The molecule has 31 heavy (non-hydrogen) atoms. The van der Waals surface area contributed by atoms with E-state index in [0.29, 0.717) is 11.6 Å². The van der Waals surface area contributed by atoms with Gasteiger partial charge in [0.15, 0.2) is 0 Å². The van der Waals surface area contributed by atoms with E-state index in [1.54, 1.807) is 6.08 Å². The molecule has 0 unspecified atom stereocenters. The number of nitrogens with two attached hydrogens (primary N) is 1. The number of carbonyl (C=O) groups is 2. The van der Waals surface area contributed by atoms with Crippen molar-refractivity contribution in [3.05, 3.63) is 87.0 Å². The summed E-state index contributed by atoms with van der Waals surface area (Å²) in [5, 5.41) is 7.79. The first-order valence-corrected chi connectivity index (χ1v) is 9.91. The van der Waals surface area contributed by atoms with Crippen molar-refractivity contribution in [1.29, 1.82) is 0 Å². The van der Waals surface area contributed by atoms with Gasteiger partial charge in [-0.05, 0) is 50.6 Å². The minimum Gasteiger partial charge on any atom is -0.366 e. The molecule has 2 amide bonds. The number of benzene rings is 2. The average molecular weight is 441 g/mol. The fourth-order valence-electron chi connectivity index (χ4n) is 3.18. The highest BCUT2D eigenvalue weighted by molar-refractivity contribution is 6.31. The maximum atomic E-state index is 14.0. The highest BCUT2D eigenvalue weighted by Gasteiger charge is 2.13. The highest BCUT2D eigenvalue weighted by atomic mass is 35.5. The lowest BCUT2D eigenvalue weighted by atomic mass is 10.1. The van der Waals surface area contributed by atoms with E-state index in [1.165, 1.54) is 19.1 Å². The van der Waals surface area contributed by atoms with Crippen LogP contribution in [0.1, 0.15) is 38.4 Å². The molecule has 0 aliphatic rings. The fraction of sp³-hybridized carbons (Fsp3) is 0.174. The molecule has 1 heterocycles. The summed E-state index contributed by atoms with van der Waals surface area (Å²) in [6, 6.07) is 9.94. The number of aromatic nitrogens is 2. The molecule has 0 fully saturated rings. The van der Waals surface area contributed by atoms with Crippen LogP contribution in [-0.4, -0.2) is 21.6 Å². The van der Waals surface area contributed by atoms with E-state index in [9.17, 15) is 14.0 Å². The number of rotatable bonds is 6. The molecular weight excluding hydrogens is 419 g/mol. The Morgan fingerprint density at radius 2 is 1.94 bits per heavy atom. The first-order valence-electron chi connectivity index (χ1n) is 9.53. The SMILES string of the molecule is Cc1nn(Cc2ccccc2Cl)c(C)c1/C=C/C(=O)Nc1cc(C(N)=O)cc(F)c1C. The molecule has 160 valence electrons. The summed E-state index contributed by atoms with van der Waals surface area (Å²) >= 11 is 6.24. The van der Waals surface area contributed by atoms with Crippen molar-refractivity contribution in [2.24, 2.45) is 5.73 Å². The van der Waals surface area contributed by atoms with Crippen LogP contribution in [0.3, 0.4) is 0 Å². The Balaban J connectivity index is 1.80. The molecule has 2 aromatic carbocycles. The highest BCUT2D eigenvalue weighted by Crippen LogP contribution is 2.22. The maximum Gasteiger partial charge on any atom is 0.248 e. The molecule has 0 bridgehead atoms. The topological polar surface area (TPSA) is 90.0 Å². The van der Waals surface area contributed by atoms with Crippen LogP contribution in [0.15, 0.2) is 42.5 Å². The Hall–Kier alpha value is -3.45. The van der Waals surface area contributed by atoms with Gasteiger partial charge in [0, 0.05) is 39.2 Å². The van der Waals surface area contributed by atoms with Crippen molar-refractivity contribution < 1.29 is 14.0 Å². The van der Waals surface area contributed by atoms with Gasteiger partial charge < -0.3 is 11.1 Å². The Labute approximate surface area is 184 Å². The zero-order valence-corrected chi connectivity index (χ0v) is 18.1. The van der Waals surface area contributed by atoms with Gasteiger partial charge in [-0.15, -0.1) is 0 Å². The van der Waals surface area contributed by atoms with Crippen LogP contribution < -0.4 is 11.1 Å². The standard InChI is InChI=1S/C23H22ClFN4O2/c1-13-20(25)10-17(23(26)31)11-21(13)27-22(30)9-8-18-14(2)28-29(15(18)3)12-16-6-4-5-7-19(16)24/h4-11H,12H2,1-3H3,(H2,26,31)(H,27,30)/b9-8+. The second-order valence-electron chi connectivity index (χ2n) is 7.15. The number of carbonyl (C=O) groups excluding carboxylic acids is 2. The normalized spacial score (nSPS) is 11.1. The zero-order valence-electron chi connectivity index (χ0n) is 17.4. The second kappa shape index (κ2) is 9.14. The Morgan fingerprint density at radius 1 is 1.23 bits per heavy atom. The third kappa shape index (κ3) is 5.00. The number of anilines is 1. The summed E-state index contributed by atoms with van der Waals surface area (Å²) in [6.45, 7) is 5.77. The summed E-state index contributed by atoms with van der Waals surface area (Å²) in [6.07, 6.45) is 2.99. The van der Waals surface area contributed by atoms with E-state index in [2.05, 4.69) is 10.4 Å².